The van der Waals surface area contributed by atoms with E-state index in [0.29, 0.717) is 11.5 Å². The summed E-state index contributed by atoms with van der Waals surface area (Å²) in [6, 6.07) is 0. The summed E-state index contributed by atoms with van der Waals surface area (Å²) in [5, 5.41) is 3.41. The standard InChI is InChI=1S/C12H22N4O3S2/c1-12(2,16(3)4)6-15-11-9(21(5,18)19)7(13)8(20-11)10(14)17/h15H,6,13H2,1-5H3,(H2,14,17). The third-order valence-electron chi connectivity index (χ3n) is 3.39. The zero-order chi connectivity index (χ0) is 16.6. The van der Waals surface area contributed by atoms with Crippen molar-refractivity contribution >= 4 is 37.8 Å². The number of nitrogens with two attached hydrogens (primary N) is 2. The number of carbonyl (C=O) groups excluding carboxylic acids is 1. The molecule has 0 radical (unpaired) electrons. The second-order valence-corrected chi connectivity index (χ2v) is 8.67. The molecule has 5 N–H and O–H groups in total. The van der Waals surface area contributed by atoms with Gasteiger partial charge in [-0.2, -0.15) is 0 Å². The molecule has 0 atom stereocenters. The summed E-state index contributed by atoms with van der Waals surface area (Å²) in [6.07, 6.45) is 1.05. The van der Waals surface area contributed by atoms with Crippen molar-refractivity contribution in [3.8, 4) is 0 Å². The molecule has 0 saturated carbocycles. The summed E-state index contributed by atoms with van der Waals surface area (Å²) in [5.41, 5.74) is 10.7. The predicted molar refractivity (Wildman–Crippen MR) is 86.6 cm³/mol. The van der Waals surface area contributed by atoms with Gasteiger partial charge in [-0.3, -0.25) is 4.79 Å². The van der Waals surface area contributed by atoms with E-state index in [2.05, 4.69) is 5.32 Å². The lowest BCUT2D eigenvalue weighted by molar-refractivity contribution is 0.100. The lowest BCUT2D eigenvalue weighted by Crippen LogP contribution is -2.44. The molecule has 0 spiro atoms. The summed E-state index contributed by atoms with van der Waals surface area (Å²) >= 11 is 0.965. The average molecular weight is 334 g/mol. The van der Waals surface area contributed by atoms with Gasteiger partial charge in [0, 0.05) is 18.3 Å². The highest BCUT2D eigenvalue weighted by molar-refractivity contribution is 7.91. The number of amides is 1. The quantitative estimate of drug-likeness (QED) is 0.700. The Kier molecular flexibility index (Phi) is 4.91. The second kappa shape index (κ2) is 5.82. The number of thiophene rings is 1. The Balaban J connectivity index is 3.25. The molecule has 1 aromatic heterocycles. The van der Waals surface area contributed by atoms with Gasteiger partial charge in [0.05, 0.1) is 5.69 Å². The molecule has 21 heavy (non-hydrogen) atoms. The second-order valence-electron chi connectivity index (χ2n) is 5.70. The lowest BCUT2D eigenvalue weighted by atomic mass is 10.0. The molecule has 1 heterocycles. The number of primary amides is 1. The van der Waals surface area contributed by atoms with Gasteiger partial charge in [-0.25, -0.2) is 8.42 Å². The van der Waals surface area contributed by atoms with E-state index >= 15 is 0 Å². The summed E-state index contributed by atoms with van der Waals surface area (Å²) in [5.74, 6) is -0.734. The van der Waals surface area contributed by atoms with Gasteiger partial charge in [0.1, 0.15) is 14.8 Å². The van der Waals surface area contributed by atoms with Crippen molar-refractivity contribution in [1.29, 1.82) is 0 Å². The van der Waals surface area contributed by atoms with Crippen molar-refractivity contribution in [2.45, 2.75) is 24.3 Å². The van der Waals surface area contributed by atoms with Gasteiger partial charge in [0.2, 0.25) is 0 Å². The highest BCUT2D eigenvalue weighted by Gasteiger charge is 2.28. The van der Waals surface area contributed by atoms with Crippen molar-refractivity contribution in [3.63, 3.8) is 0 Å². The molecule has 7 nitrogen and oxygen atoms in total. The summed E-state index contributed by atoms with van der Waals surface area (Å²) in [7, 11) is 0.291. The van der Waals surface area contributed by atoms with Crippen LogP contribution in [-0.4, -0.2) is 51.7 Å². The van der Waals surface area contributed by atoms with E-state index in [9.17, 15) is 13.2 Å². The smallest absolute Gasteiger partial charge is 0.261 e. The molecule has 0 aromatic carbocycles. The number of sulfone groups is 1. The Morgan fingerprint density at radius 1 is 1.38 bits per heavy atom. The topological polar surface area (TPSA) is 119 Å². The number of nitrogens with one attached hydrogen (secondary N) is 1. The van der Waals surface area contributed by atoms with Gasteiger partial charge in [-0.05, 0) is 27.9 Å². The van der Waals surface area contributed by atoms with Crippen molar-refractivity contribution in [2.24, 2.45) is 5.73 Å². The number of nitrogens with zero attached hydrogens (tertiary/aromatic N) is 1. The molecule has 0 saturated heterocycles. The van der Waals surface area contributed by atoms with Crippen molar-refractivity contribution < 1.29 is 13.2 Å². The molecule has 0 aliphatic rings. The van der Waals surface area contributed by atoms with E-state index in [4.69, 9.17) is 11.5 Å². The van der Waals surface area contributed by atoms with E-state index in [0.717, 1.165) is 17.6 Å². The Hall–Kier alpha value is -1.32. The third-order valence-corrected chi connectivity index (χ3v) is 5.86. The van der Waals surface area contributed by atoms with E-state index < -0.39 is 15.7 Å². The van der Waals surface area contributed by atoms with Crippen LogP contribution in [0.25, 0.3) is 0 Å². The van der Waals surface area contributed by atoms with Crippen LogP contribution in [0.3, 0.4) is 0 Å². The molecule has 0 bridgehead atoms. The van der Waals surface area contributed by atoms with Gasteiger partial charge >= 0.3 is 0 Å². The van der Waals surface area contributed by atoms with Gasteiger partial charge in [-0.15, -0.1) is 11.3 Å². The average Bonchev–Trinajstić information content (AvgIpc) is 2.63. The minimum absolute atomic E-state index is 0.0561. The van der Waals surface area contributed by atoms with Crippen LogP contribution in [0.15, 0.2) is 4.90 Å². The van der Waals surface area contributed by atoms with E-state index in [1.807, 2.05) is 32.8 Å². The number of carbonyl (C=O) groups is 1. The maximum atomic E-state index is 11.9. The number of likely N-dealkylation sites (N-methyl/N-ethyl adjacent to an activating group) is 1. The zero-order valence-corrected chi connectivity index (χ0v) is 14.5. The van der Waals surface area contributed by atoms with Crippen LogP contribution in [0, 0.1) is 0 Å². The first kappa shape index (κ1) is 17.7. The molecule has 0 fully saturated rings. The Morgan fingerprint density at radius 2 is 1.90 bits per heavy atom. The third kappa shape index (κ3) is 3.86. The molecule has 1 rings (SSSR count). The first-order valence-corrected chi connectivity index (χ1v) is 8.92. The number of hydrogen-bond donors (Lipinski definition) is 3. The molecule has 1 aromatic rings. The van der Waals surface area contributed by atoms with Crippen LogP contribution in [0.4, 0.5) is 10.7 Å². The first-order chi connectivity index (χ1) is 9.38. The molecule has 0 unspecified atom stereocenters. The van der Waals surface area contributed by atoms with Crippen LogP contribution < -0.4 is 16.8 Å². The van der Waals surface area contributed by atoms with Gasteiger partial charge in [0.15, 0.2) is 9.84 Å². The van der Waals surface area contributed by atoms with E-state index in [1.165, 1.54) is 0 Å². The van der Waals surface area contributed by atoms with Crippen LogP contribution in [0.5, 0.6) is 0 Å². The largest absolute Gasteiger partial charge is 0.396 e. The summed E-state index contributed by atoms with van der Waals surface area (Å²) in [4.78, 5) is 13.3. The maximum Gasteiger partial charge on any atom is 0.261 e. The highest BCUT2D eigenvalue weighted by Crippen LogP contribution is 2.39. The van der Waals surface area contributed by atoms with E-state index in [-0.39, 0.29) is 21.0 Å². The molecular weight excluding hydrogens is 312 g/mol. The molecule has 120 valence electrons. The zero-order valence-electron chi connectivity index (χ0n) is 12.9. The molecule has 9 heteroatoms. The molecule has 1 amide bonds. The summed E-state index contributed by atoms with van der Waals surface area (Å²) < 4.78 is 23.8. The van der Waals surface area contributed by atoms with Crippen LogP contribution in [0.1, 0.15) is 23.5 Å². The number of anilines is 2. The van der Waals surface area contributed by atoms with Crippen molar-refractivity contribution in [1.82, 2.24) is 4.90 Å². The minimum atomic E-state index is -3.56. The van der Waals surface area contributed by atoms with Gasteiger partial charge in [0.25, 0.3) is 5.91 Å². The maximum absolute atomic E-state index is 11.9. The lowest BCUT2D eigenvalue weighted by Gasteiger charge is -2.32. The minimum Gasteiger partial charge on any atom is -0.396 e. The summed E-state index contributed by atoms with van der Waals surface area (Å²) in [6.45, 7) is 4.50. The Morgan fingerprint density at radius 3 is 2.29 bits per heavy atom. The molecular formula is C12H22N4O3S2. The fourth-order valence-electron chi connectivity index (χ4n) is 1.55. The Bertz CT molecular complexity index is 648. The van der Waals surface area contributed by atoms with Crippen molar-refractivity contribution in [2.75, 3.05) is 37.9 Å². The predicted octanol–water partition coefficient (Wildman–Crippen LogP) is 0.585. The monoisotopic (exact) mass is 334 g/mol. The fourth-order valence-corrected chi connectivity index (χ4v) is 3.97. The van der Waals surface area contributed by atoms with Crippen LogP contribution in [-0.2, 0) is 9.84 Å². The first-order valence-electron chi connectivity index (χ1n) is 6.21. The highest BCUT2D eigenvalue weighted by atomic mass is 32.2. The normalized spacial score (nSPS) is 12.7. The number of rotatable bonds is 6. The molecule has 0 aliphatic heterocycles. The number of nitrogen functional groups attached to an aromatic ring is 1. The Labute approximate surface area is 129 Å². The van der Waals surface area contributed by atoms with Gasteiger partial charge < -0.3 is 21.7 Å². The van der Waals surface area contributed by atoms with E-state index in [1.54, 1.807) is 0 Å². The van der Waals surface area contributed by atoms with Gasteiger partial charge in [-0.1, -0.05) is 0 Å². The fraction of sp³-hybridized carbons (Fsp3) is 0.583. The molecule has 0 aliphatic carbocycles. The van der Waals surface area contributed by atoms with Crippen LogP contribution in [0.2, 0.25) is 0 Å². The van der Waals surface area contributed by atoms with Crippen LogP contribution >= 0.6 is 11.3 Å². The van der Waals surface area contributed by atoms with Crippen molar-refractivity contribution in [3.05, 3.63) is 4.88 Å². The number of hydrogen-bond acceptors (Lipinski definition) is 7. The SMILES string of the molecule is CN(C)C(C)(C)CNc1sc(C(N)=O)c(N)c1S(C)(=O)=O.